The third kappa shape index (κ3) is 2.91. The summed E-state index contributed by atoms with van der Waals surface area (Å²) in [6, 6.07) is 6.47. The van der Waals surface area contributed by atoms with E-state index in [1.807, 2.05) is 6.07 Å². The summed E-state index contributed by atoms with van der Waals surface area (Å²) in [5, 5.41) is 13.9. The van der Waals surface area contributed by atoms with E-state index in [0.717, 1.165) is 5.56 Å². The van der Waals surface area contributed by atoms with Gasteiger partial charge in [-0.25, -0.2) is 0 Å². The Bertz CT molecular complexity index is 638. The topological polar surface area (TPSA) is 133 Å². The maximum Gasteiger partial charge on any atom is 0.272 e. The van der Waals surface area contributed by atoms with E-state index in [0.29, 0.717) is 17.9 Å². The highest BCUT2D eigenvalue weighted by Crippen LogP contribution is 2.22. The maximum atomic E-state index is 10.9. The molecule has 0 bridgehead atoms. The van der Waals surface area contributed by atoms with Crippen LogP contribution in [0.2, 0.25) is 0 Å². The number of nitro groups is 1. The first-order valence-corrected chi connectivity index (χ1v) is 5.84. The number of nitrogen functional groups attached to an aromatic ring is 2. The second-order valence-corrected chi connectivity index (χ2v) is 4.21. The van der Waals surface area contributed by atoms with E-state index >= 15 is 0 Å². The highest BCUT2D eigenvalue weighted by molar-refractivity contribution is 5.50. The van der Waals surface area contributed by atoms with Gasteiger partial charge in [0.05, 0.1) is 4.92 Å². The van der Waals surface area contributed by atoms with E-state index in [2.05, 4.69) is 15.3 Å². The van der Waals surface area contributed by atoms with Crippen molar-refractivity contribution < 1.29 is 4.92 Å². The summed E-state index contributed by atoms with van der Waals surface area (Å²) in [6.45, 7) is 2.08. The SMILES string of the molecule is Cc1c(CNc2cc(N)nc(N)n2)cccc1[N+](=O)[O-]. The third-order valence-corrected chi connectivity index (χ3v) is 2.84. The van der Waals surface area contributed by atoms with Crippen molar-refractivity contribution in [1.29, 1.82) is 0 Å². The van der Waals surface area contributed by atoms with Crippen molar-refractivity contribution >= 4 is 23.3 Å². The fraction of sp³-hybridized carbons (Fsp3) is 0.167. The minimum absolute atomic E-state index is 0.0725. The number of nitrogens with two attached hydrogens (primary N) is 2. The van der Waals surface area contributed by atoms with E-state index in [1.165, 1.54) is 6.07 Å². The molecule has 1 aromatic heterocycles. The van der Waals surface area contributed by atoms with Gasteiger partial charge in [0, 0.05) is 24.2 Å². The minimum atomic E-state index is -0.403. The van der Waals surface area contributed by atoms with E-state index in [9.17, 15) is 10.1 Å². The molecule has 1 heterocycles. The second kappa shape index (κ2) is 5.39. The van der Waals surface area contributed by atoms with Crippen LogP contribution in [0.3, 0.4) is 0 Å². The molecule has 0 aliphatic heterocycles. The molecule has 0 unspecified atom stereocenters. The van der Waals surface area contributed by atoms with E-state index in [1.54, 1.807) is 19.1 Å². The summed E-state index contributed by atoms with van der Waals surface area (Å²) in [7, 11) is 0. The Balaban J connectivity index is 2.19. The van der Waals surface area contributed by atoms with Gasteiger partial charge in [-0.1, -0.05) is 12.1 Å². The van der Waals surface area contributed by atoms with Gasteiger partial charge < -0.3 is 16.8 Å². The number of benzene rings is 1. The lowest BCUT2D eigenvalue weighted by atomic mass is 10.1. The first-order valence-electron chi connectivity index (χ1n) is 5.84. The number of nitrogens with one attached hydrogen (secondary N) is 1. The van der Waals surface area contributed by atoms with Crippen molar-refractivity contribution in [3.05, 3.63) is 45.5 Å². The normalized spacial score (nSPS) is 10.2. The molecule has 1 aromatic carbocycles. The van der Waals surface area contributed by atoms with Crippen LogP contribution in [0.1, 0.15) is 11.1 Å². The van der Waals surface area contributed by atoms with Crippen molar-refractivity contribution in [2.75, 3.05) is 16.8 Å². The van der Waals surface area contributed by atoms with Gasteiger partial charge in [-0.05, 0) is 12.5 Å². The highest BCUT2D eigenvalue weighted by Gasteiger charge is 2.13. The Morgan fingerprint density at radius 3 is 2.75 bits per heavy atom. The zero-order valence-corrected chi connectivity index (χ0v) is 10.8. The van der Waals surface area contributed by atoms with Crippen molar-refractivity contribution in [3.63, 3.8) is 0 Å². The molecule has 0 aliphatic carbocycles. The largest absolute Gasteiger partial charge is 0.383 e. The molecule has 0 atom stereocenters. The number of nitrogens with zero attached hydrogens (tertiary/aromatic N) is 3. The molecule has 0 spiro atoms. The summed E-state index contributed by atoms with van der Waals surface area (Å²) >= 11 is 0. The van der Waals surface area contributed by atoms with Gasteiger partial charge in [0.15, 0.2) is 0 Å². The molecule has 0 saturated carbocycles. The van der Waals surface area contributed by atoms with Crippen molar-refractivity contribution in [1.82, 2.24) is 9.97 Å². The monoisotopic (exact) mass is 274 g/mol. The van der Waals surface area contributed by atoms with Crippen LogP contribution in [-0.2, 0) is 6.54 Å². The molecule has 2 aromatic rings. The summed E-state index contributed by atoms with van der Waals surface area (Å²) in [4.78, 5) is 18.2. The predicted molar refractivity (Wildman–Crippen MR) is 76.0 cm³/mol. The summed E-state index contributed by atoms with van der Waals surface area (Å²) < 4.78 is 0. The smallest absolute Gasteiger partial charge is 0.272 e. The summed E-state index contributed by atoms with van der Waals surface area (Å²) in [5.74, 6) is 0.805. The van der Waals surface area contributed by atoms with Gasteiger partial charge in [-0.15, -0.1) is 0 Å². The lowest BCUT2D eigenvalue weighted by Gasteiger charge is -2.09. The fourth-order valence-electron chi connectivity index (χ4n) is 1.82. The number of hydrogen-bond donors (Lipinski definition) is 3. The Morgan fingerprint density at radius 2 is 2.10 bits per heavy atom. The molecule has 8 nitrogen and oxygen atoms in total. The van der Waals surface area contributed by atoms with Crippen LogP contribution in [0, 0.1) is 17.0 Å². The van der Waals surface area contributed by atoms with Crippen LogP contribution in [0.5, 0.6) is 0 Å². The van der Waals surface area contributed by atoms with Crippen molar-refractivity contribution in [2.45, 2.75) is 13.5 Å². The quantitative estimate of drug-likeness (QED) is 0.567. The Kier molecular flexibility index (Phi) is 3.65. The molecular formula is C12H14N6O2. The average Bonchev–Trinajstić information content (AvgIpc) is 2.36. The van der Waals surface area contributed by atoms with E-state index in [4.69, 9.17) is 11.5 Å². The molecular weight excluding hydrogens is 260 g/mol. The molecule has 0 amide bonds. The summed E-state index contributed by atoms with van der Waals surface area (Å²) in [6.07, 6.45) is 0. The molecule has 0 radical (unpaired) electrons. The van der Waals surface area contributed by atoms with Crippen molar-refractivity contribution in [3.8, 4) is 0 Å². The molecule has 5 N–H and O–H groups in total. The number of aromatic nitrogens is 2. The highest BCUT2D eigenvalue weighted by atomic mass is 16.6. The standard InChI is InChI=1S/C12H14N6O2/c1-7-8(3-2-4-9(7)18(19)20)6-15-11-5-10(13)16-12(14)17-11/h2-5H,6H2,1H3,(H5,13,14,15,16,17). The maximum absolute atomic E-state index is 10.9. The lowest BCUT2D eigenvalue weighted by molar-refractivity contribution is -0.385. The molecule has 20 heavy (non-hydrogen) atoms. The number of anilines is 3. The molecule has 0 saturated heterocycles. The van der Waals surface area contributed by atoms with Crippen molar-refractivity contribution in [2.24, 2.45) is 0 Å². The Morgan fingerprint density at radius 1 is 1.35 bits per heavy atom. The van der Waals surface area contributed by atoms with Crippen LogP contribution in [0.25, 0.3) is 0 Å². The number of rotatable bonds is 4. The van der Waals surface area contributed by atoms with Gasteiger partial charge in [0.2, 0.25) is 5.95 Å². The van der Waals surface area contributed by atoms with Crippen LogP contribution >= 0.6 is 0 Å². The van der Waals surface area contributed by atoms with Gasteiger partial charge in [0.25, 0.3) is 5.69 Å². The molecule has 2 rings (SSSR count). The number of nitro benzene ring substituents is 1. The van der Waals surface area contributed by atoms with Crippen LogP contribution in [-0.4, -0.2) is 14.9 Å². The molecule has 0 aliphatic rings. The van der Waals surface area contributed by atoms with Crippen LogP contribution in [0.15, 0.2) is 24.3 Å². The Labute approximate surface area is 115 Å². The molecule has 0 fully saturated rings. The first kappa shape index (κ1) is 13.5. The predicted octanol–water partition coefficient (Wildman–Crippen LogP) is 1.47. The van der Waals surface area contributed by atoms with E-state index in [-0.39, 0.29) is 17.5 Å². The van der Waals surface area contributed by atoms with Gasteiger partial charge in [-0.3, -0.25) is 10.1 Å². The van der Waals surface area contributed by atoms with Crippen LogP contribution in [0.4, 0.5) is 23.3 Å². The van der Waals surface area contributed by atoms with Gasteiger partial charge in [0.1, 0.15) is 11.6 Å². The number of hydrogen-bond acceptors (Lipinski definition) is 7. The molecule has 8 heteroatoms. The Hall–Kier alpha value is -2.90. The fourth-order valence-corrected chi connectivity index (χ4v) is 1.82. The summed E-state index contributed by atoms with van der Waals surface area (Å²) in [5.41, 5.74) is 12.6. The zero-order valence-electron chi connectivity index (χ0n) is 10.8. The third-order valence-electron chi connectivity index (χ3n) is 2.84. The minimum Gasteiger partial charge on any atom is -0.383 e. The van der Waals surface area contributed by atoms with Gasteiger partial charge in [-0.2, -0.15) is 9.97 Å². The first-order chi connectivity index (χ1) is 9.47. The van der Waals surface area contributed by atoms with Gasteiger partial charge >= 0.3 is 0 Å². The second-order valence-electron chi connectivity index (χ2n) is 4.21. The average molecular weight is 274 g/mol. The van der Waals surface area contributed by atoms with Crippen LogP contribution < -0.4 is 16.8 Å². The molecule has 104 valence electrons. The van der Waals surface area contributed by atoms with E-state index < -0.39 is 4.92 Å². The zero-order chi connectivity index (χ0) is 14.7. The lowest BCUT2D eigenvalue weighted by Crippen LogP contribution is -2.07.